The summed E-state index contributed by atoms with van der Waals surface area (Å²) in [6.07, 6.45) is 0.784. The summed E-state index contributed by atoms with van der Waals surface area (Å²) in [5.41, 5.74) is 1.69. The number of nitrogens with zero attached hydrogens (tertiary/aromatic N) is 1. The molecule has 0 amide bonds. The third kappa shape index (κ3) is 3.51. The second-order valence-corrected chi connectivity index (χ2v) is 5.15. The van der Waals surface area contributed by atoms with Gasteiger partial charge in [-0.05, 0) is 37.1 Å². The number of para-hydroxylation sites is 2. The van der Waals surface area contributed by atoms with Crippen LogP contribution < -0.4 is 15.6 Å². The molecule has 23 heavy (non-hydrogen) atoms. The summed E-state index contributed by atoms with van der Waals surface area (Å²) in [6, 6.07) is 15.3. The predicted octanol–water partition coefficient (Wildman–Crippen LogP) is 2.98. The van der Waals surface area contributed by atoms with Crippen LogP contribution in [-0.2, 0) is 6.42 Å². The molecule has 5 heteroatoms. The van der Waals surface area contributed by atoms with Crippen molar-refractivity contribution in [2.45, 2.75) is 13.3 Å². The maximum absolute atomic E-state index is 12.0. The van der Waals surface area contributed by atoms with Gasteiger partial charge < -0.3 is 10.1 Å². The van der Waals surface area contributed by atoms with E-state index >= 15 is 0 Å². The van der Waals surface area contributed by atoms with Gasteiger partial charge in [-0.3, -0.25) is 9.78 Å². The van der Waals surface area contributed by atoms with Crippen molar-refractivity contribution in [3.05, 3.63) is 64.4 Å². The smallest absolute Gasteiger partial charge is 0.260 e. The normalized spacial score (nSPS) is 10.7. The highest BCUT2D eigenvalue weighted by Crippen LogP contribution is 2.18. The summed E-state index contributed by atoms with van der Waals surface area (Å²) in [5.74, 6) is 1.39. The minimum absolute atomic E-state index is 0.132. The van der Waals surface area contributed by atoms with Gasteiger partial charge in [-0.15, -0.1) is 0 Å². The molecule has 2 aromatic carbocycles. The monoisotopic (exact) mass is 309 g/mol. The molecule has 0 aliphatic rings. The molecule has 0 aliphatic carbocycles. The molecule has 0 bridgehead atoms. The van der Waals surface area contributed by atoms with E-state index < -0.39 is 0 Å². The Labute approximate surface area is 134 Å². The van der Waals surface area contributed by atoms with Crippen LogP contribution in [0.1, 0.15) is 12.5 Å². The molecule has 0 aliphatic heterocycles. The number of aromatic amines is 1. The van der Waals surface area contributed by atoms with Crippen molar-refractivity contribution in [2.75, 3.05) is 18.5 Å². The van der Waals surface area contributed by atoms with Gasteiger partial charge in [-0.25, -0.2) is 4.98 Å². The SMILES string of the molecule is CCOc1ccccc1CCNc1nc2ccccc2c(=O)[nH]1. The number of benzene rings is 2. The molecule has 0 spiro atoms. The Morgan fingerprint density at radius 1 is 1.13 bits per heavy atom. The number of fused-ring (bicyclic) bond motifs is 1. The second kappa shape index (κ2) is 6.96. The van der Waals surface area contributed by atoms with Crippen LogP contribution in [0.3, 0.4) is 0 Å². The van der Waals surface area contributed by atoms with Crippen LogP contribution in [0, 0.1) is 0 Å². The minimum Gasteiger partial charge on any atom is -0.494 e. The number of H-pyrrole nitrogens is 1. The molecule has 5 nitrogen and oxygen atoms in total. The molecule has 1 aromatic heterocycles. The van der Waals surface area contributed by atoms with Gasteiger partial charge in [0, 0.05) is 6.54 Å². The van der Waals surface area contributed by atoms with Crippen LogP contribution in [-0.4, -0.2) is 23.1 Å². The van der Waals surface area contributed by atoms with Crippen LogP contribution in [0.2, 0.25) is 0 Å². The van der Waals surface area contributed by atoms with Crippen molar-refractivity contribution in [1.29, 1.82) is 0 Å². The molecule has 3 rings (SSSR count). The third-order valence-electron chi connectivity index (χ3n) is 3.57. The number of nitrogens with one attached hydrogen (secondary N) is 2. The predicted molar refractivity (Wildman–Crippen MR) is 92.2 cm³/mol. The number of ether oxygens (including phenoxy) is 1. The summed E-state index contributed by atoms with van der Waals surface area (Å²) < 4.78 is 5.62. The van der Waals surface area contributed by atoms with E-state index in [2.05, 4.69) is 15.3 Å². The average molecular weight is 309 g/mol. The lowest BCUT2D eigenvalue weighted by molar-refractivity contribution is 0.336. The van der Waals surface area contributed by atoms with Crippen LogP contribution in [0.15, 0.2) is 53.3 Å². The fraction of sp³-hybridized carbons (Fsp3) is 0.222. The topological polar surface area (TPSA) is 67.0 Å². The van der Waals surface area contributed by atoms with E-state index in [9.17, 15) is 4.79 Å². The number of aromatic nitrogens is 2. The lowest BCUT2D eigenvalue weighted by Gasteiger charge is -2.11. The number of hydrogen-bond acceptors (Lipinski definition) is 4. The lowest BCUT2D eigenvalue weighted by atomic mass is 10.1. The summed E-state index contributed by atoms with van der Waals surface area (Å²) in [5, 5.41) is 3.77. The summed E-state index contributed by atoms with van der Waals surface area (Å²) in [7, 11) is 0. The maximum atomic E-state index is 12.0. The van der Waals surface area contributed by atoms with Gasteiger partial charge in [0.1, 0.15) is 5.75 Å². The Morgan fingerprint density at radius 3 is 2.78 bits per heavy atom. The summed E-state index contributed by atoms with van der Waals surface area (Å²) in [4.78, 5) is 19.2. The fourth-order valence-corrected chi connectivity index (χ4v) is 2.49. The highest BCUT2D eigenvalue weighted by Gasteiger charge is 2.04. The first kappa shape index (κ1) is 15.1. The first-order valence-corrected chi connectivity index (χ1v) is 7.71. The Hall–Kier alpha value is -2.82. The Balaban J connectivity index is 1.71. The Bertz CT molecular complexity index is 858. The highest BCUT2D eigenvalue weighted by atomic mass is 16.5. The van der Waals surface area contributed by atoms with Gasteiger partial charge >= 0.3 is 0 Å². The van der Waals surface area contributed by atoms with E-state index in [1.165, 1.54) is 0 Å². The molecule has 3 aromatic rings. The molecule has 2 N–H and O–H groups in total. The fourth-order valence-electron chi connectivity index (χ4n) is 2.49. The maximum Gasteiger partial charge on any atom is 0.260 e. The highest BCUT2D eigenvalue weighted by molar-refractivity contribution is 5.78. The van der Waals surface area contributed by atoms with Crippen LogP contribution in [0.25, 0.3) is 10.9 Å². The van der Waals surface area contributed by atoms with Crippen molar-refractivity contribution in [3.8, 4) is 5.75 Å². The molecule has 0 saturated heterocycles. The van der Waals surface area contributed by atoms with Crippen LogP contribution in [0.4, 0.5) is 5.95 Å². The molecule has 0 fully saturated rings. The van der Waals surface area contributed by atoms with Gasteiger partial charge in [0.15, 0.2) is 0 Å². The average Bonchev–Trinajstić information content (AvgIpc) is 2.57. The van der Waals surface area contributed by atoms with E-state index in [1.807, 2.05) is 49.4 Å². The largest absolute Gasteiger partial charge is 0.494 e. The van der Waals surface area contributed by atoms with Crippen molar-refractivity contribution in [2.24, 2.45) is 0 Å². The molecule has 118 valence electrons. The first-order chi connectivity index (χ1) is 11.3. The zero-order valence-corrected chi connectivity index (χ0v) is 13.0. The van der Waals surface area contributed by atoms with E-state index in [0.717, 1.165) is 17.7 Å². The van der Waals surface area contributed by atoms with E-state index in [1.54, 1.807) is 6.07 Å². The first-order valence-electron chi connectivity index (χ1n) is 7.71. The van der Waals surface area contributed by atoms with E-state index in [0.29, 0.717) is 30.0 Å². The third-order valence-corrected chi connectivity index (χ3v) is 3.57. The molecule has 0 unspecified atom stereocenters. The summed E-state index contributed by atoms with van der Waals surface area (Å²) >= 11 is 0. The van der Waals surface area contributed by atoms with Gasteiger partial charge in [-0.1, -0.05) is 30.3 Å². The van der Waals surface area contributed by atoms with Crippen molar-refractivity contribution >= 4 is 16.9 Å². The van der Waals surface area contributed by atoms with Gasteiger partial charge in [0.2, 0.25) is 5.95 Å². The second-order valence-electron chi connectivity index (χ2n) is 5.15. The minimum atomic E-state index is -0.132. The summed E-state index contributed by atoms with van der Waals surface area (Å²) in [6.45, 7) is 3.27. The van der Waals surface area contributed by atoms with Crippen molar-refractivity contribution in [1.82, 2.24) is 9.97 Å². The van der Waals surface area contributed by atoms with E-state index in [-0.39, 0.29) is 5.56 Å². The van der Waals surface area contributed by atoms with Gasteiger partial charge in [0.05, 0.1) is 17.5 Å². The molecular formula is C18H19N3O2. The lowest BCUT2D eigenvalue weighted by Crippen LogP contribution is -2.15. The van der Waals surface area contributed by atoms with Crippen molar-refractivity contribution in [3.63, 3.8) is 0 Å². The molecular weight excluding hydrogens is 290 g/mol. The zero-order chi connectivity index (χ0) is 16.1. The van der Waals surface area contributed by atoms with E-state index in [4.69, 9.17) is 4.74 Å². The molecule has 0 saturated carbocycles. The van der Waals surface area contributed by atoms with Gasteiger partial charge in [-0.2, -0.15) is 0 Å². The van der Waals surface area contributed by atoms with Crippen LogP contribution in [0.5, 0.6) is 5.75 Å². The molecule has 0 atom stereocenters. The Morgan fingerprint density at radius 2 is 1.91 bits per heavy atom. The number of rotatable bonds is 6. The number of hydrogen-bond donors (Lipinski definition) is 2. The van der Waals surface area contributed by atoms with Gasteiger partial charge in [0.25, 0.3) is 5.56 Å². The Kier molecular flexibility index (Phi) is 4.57. The quantitative estimate of drug-likeness (QED) is 0.734. The zero-order valence-electron chi connectivity index (χ0n) is 13.0. The van der Waals surface area contributed by atoms with Crippen molar-refractivity contribution < 1.29 is 4.74 Å². The standard InChI is InChI=1S/C18H19N3O2/c1-2-23-16-10-6-3-7-13(16)11-12-19-18-20-15-9-5-4-8-14(15)17(22)21-18/h3-10H,2,11-12H2,1H3,(H2,19,20,21,22). The molecule has 0 radical (unpaired) electrons. The molecule has 1 heterocycles. The van der Waals surface area contributed by atoms with Crippen LogP contribution >= 0.6 is 0 Å². The number of anilines is 1.